The van der Waals surface area contributed by atoms with Gasteiger partial charge in [-0.25, -0.2) is 4.79 Å². The van der Waals surface area contributed by atoms with E-state index in [1.54, 1.807) is 14.0 Å². The van der Waals surface area contributed by atoms with Crippen LogP contribution in [0.25, 0.3) is 0 Å². The van der Waals surface area contributed by atoms with E-state index in [1.807, 2.05) is 0 Å². The van der Waals surface area contributed by atoms with E-state index in [0.29, 0.717) is 38.4 Å². The summed E-state index contributed by atoms with van der Waals surface area (Å²) in [7, 11) is 1.61. The van der Waals surface area contributed by atoms with Gasteiger partial charge in [0.25, 0.3) is 0 Å². The molecule has 0 amide bonds. The summed E-state index contributed by atoms with van der Waals surface area (Å²) in [5.74, 6) is -0.345. The normalized spacial score (nSPS) is 9.86. The second-order valence-electron chi connectivity index (χ2n) is 2.68. The Balaban J connectivity index is 3.39. The zero-order chi connectivity index (χ0) is 10.8. The predicted octanol–water partition coefficient (Wildman–Crippen LogP) is 1.16. The lowest BCUT2D eigenvalue weighted by Gasteiger charge is -2.05. The number of carbonyl (C=O) groups is 1. The van der Waals surface area contributed by atoms with Gasteiger partial charge < -0.3 is 14.2 Å². The Morgan fingerprint density at radius 1 is 1.29 bits per heavy atom. The fourth-order valence-electron chi connectivity index (χ4n) is 0.775. The van der Waals surface area contributed by atoms with Gasteiger partial charge in [0.05, 0.1) is 26.4 Å². The van der Waals surface area contributed by atoms with Crippen LogP contribution in [0.4, 0.5) is 0 Å². The molecule has 0 saturated heterocycles. The molecule has 4 heteroatoms. The van der Waals surface area contributed by atoms with Gasteiger partial charge in [-0.15, -0.1) is 0 Å². The van der Waals surface area contributed by atoms with Gasteiger partial charge in [0.1, 0.15) is 0 Å². The van der Waals surface area contributed by atoms with Crippen molar-refractivity contribution in [2.24, 2.45) is 0 Å². The van der Waals surface area contributed by atoms with Crippen molar-refractivity contribution >= 4 is 5.97 Å². The standard InChI is InChI=1S/C10H18O4/c1-4-14-10(11)9(2)5-6-13-8-7-12-3/h2,4-8H2,1,3H3. The van der Waals surface area contributed by atoms with Gasteiger partial charge in [-0.1, -0.05) is 6.58 Å². The van der Waals surface area contributed by atoms with Crippen molar-refractivity contribution in [3.63, 3.8) is 0 Å². The summed E-state index contributed by atoms with van der Waals surface area (Å²) >= 11 is 0. The van der Waals surface area contributed by atoms with E-state index in [9.17, 15) is 4.79 Å². The molecule has 0 aliphatic carbocycles. The van der Waals surface area contributed by atoms with Crippen LogP contribution < -0.4 is 0 Å². The highest BCUT2D eigenvalue weighted by Gasteiger charge is 2.06. The first-order valence-electron chi connectivity index (χ1n) is 4.64. The smallest absolute Gasteiger partial charge is 0.333 e. The molecule has 0 aromatic heterocycles. The van der Waals surface area contributed by atoms with Crippen LogP contribution in [0.2, 0.25) is 0 Å². The minimum atomic E-state index is -0.345. The number of carbonyl (C=O) groups excluding carboxylic acids is 1. The van der Waals surface area contributed by atoms with Gasteiger partial charge >= 0.3 is 5.97 Å². The average molecular weight is 202 g/mol. The molecule has 0 heterocycles. The van der Waals surface area contributed by atoms with E-state index in [1.165, 1.54) is 0 Å². The van der Waals surface area contributed by atoms with E-state index < -0.39 is 0 Å². The highest BCUT2D eigenvalue weighted by Crippen LogP contribution is 2.01. The number of ether oxygens (including phenoxy) is 3. The maximum atomic E-state index is 11.1. The van der Waals surface area contributed by atoms with Crippen molar-refractivity contribution in [2.75, 3.05) is 33.5 Å². The van der Waals surface area contributed by atoms with Crippen molar-refractivity contribution in [3.8, 4) is 0 Å². The molecule has 0 bridgehead atoms. The number of hydrogen-bond donors (Lipinski definition) is 0. The third-order valence-electron chi connectivity index (χ3n) is 1.54. The predicted molar refractivity (Wildman–Crippen MR) is 53.1 cm³/mol. The molecule has 0 atom stereocenters. The van der Waals surface area contributed by atoms with Crippen molar-refractivity contribution in [3.05, 3.63) is 12.2 Å². The molecule has 14 heavy (non-hydrogen) atoms. The average Bonchev–Trinajstić information content (AvgIpc) is 2.17. The van der Waals surface area contributed by atoms with E-state index in [-0.39, 0.29) is 5.97 Å². The number of esters is 1. The van der Waals surface area contributed by atoms with Gasteiger partial charge in [-0.3, -0.25) is 0 Å². The van der Waals surface area contributed by atoms with E-state index >= 15 is 0 Å². The molecule has 0 fully saturated rings. The molecule has 4 nitrogen and oxygen atoms in total. The zero-order valence-electron chi connectivity index (χ0n) is 8.88. The van der Waals surface area contributed by atoms with Gasteiger partial charge in [-0.2, -0.15) is 0 Å². The van der Waals surface area contributed by atoms with Crippen LogP contribution in [0.5, 0.6) is 0 Å². The highest BCUT2D eigenvalue weighted by molar-refractivity contribution is 5.87. The van der Waals surface area contributed by atoms with Crippen LogP contribution in [0, 0.1) is 0 Å². The monoisotopic (exact) mass is 202 g/mol. The molecule has 0 rings (SSSR count). The van der Waals surface area contributed by atoms with Gasteiger partial charge in [0.2, 0.25) is 0 Å². The van der Waals surface area contributed by atoms with Crippen LogP contribution in [-0.4, -0.2) is 39.5 Å². The second kappa shape index (κ2) is 8.72. The summed E-state index contributed by atoms with van der Waals surface area (Å²) in [4.78, 5) is 11.1. The Morgan fingerprint density at radius 3 is 2.57 bits per heavy atom. The molecule has 82 valence electrons. The third-order valence-corrected chi connectivity index (χ3v) is 1.54. The third kappa shape index (κ3) is 6.62. The van der Waals surface area contributed by atoms with Gasteiger partial charge in [0.15, 0.2) is 0 Å². The van der Waals surface area contributed by atoms with Crippen molar-refractivity contribution in [1.82, 2.24) is 0 Å². The van der Waals surface area contributed by atoms with Crippen LogP contribution >= 0.6 is 0 Å². The van der Waals surface area contributed by atoms with E-state index in [2.05, 4.69) is 6.58 Å². The number of rotatable bonds is 8. The Bertz CT molecular complexity index is 177. The molecule has 0 aromatic carbocycles. The maximum absolute atomic E-state index is 11.1. The van der Waals surface area contributed by atoms with Crippen LogP contribution in [0.3, 0.4) is 0 Å². The van der Waals surface area contributed by atoms with Crippen LogP contribution in [-0.2, 0) is 19.0 Å². The zero-order valence-corrected chi connectivity index (χ0v) is 8.88. The fraction of sp³-hybridized carbons (Fsp3) is 0.700. The summed E-state index contributed by atoms with van der Waals surface area (Å²) in [5, 5.41) is 0. The second-order valence-corrected chi connectivity index (χ2v) is 2.68. The molecule has 0 N–H and O–H groups in total. The molecule has 0 saturated carbocycles. The van der Waals surface area contributed by atoms with Crippen molar-refractivity contribution in [1.29, 1.82) is 0 Å². The Morgan fingerprint density at radius 2 is 2.00 bits per heavy atom. The van der Waals surface area contributed by atoms with Crippen molar-refractivity contribution < 1.29 is 19.0 Å². The van der Waals surface area contributed by atoms with Crippen LogP contribution in [0.1, 0.15) is 13.3 Å². The first kappa shape index (κ1) is 13.1. The molecule has 0 spiro atoms. The lowest BCUT2D eigenvalue weighted by atomic mass is 10.2. The molecular weight excluding hydrogens is 184 g/mol. The summed E-state index contributed by atoms with van der Waals surface area (Å²) < 4.78 is 14.7. The quantitative estimate of drug-likeness (QED) is 0.336. The summed E-state index contributed by atoms with van der Waals surface area (Å²) in [5.41, 5.74) is 0.448. The topological polar surface area (TPSA) is 44.8 Å². The molecule has 0 aliphatic rings. The maximum Gasteiger partial charge on any atom is 0.333 e. The molecular formula is C10H18O4. The Labute approximate surface area is 84.8 Å². The first-order valence-corrected chi connectivity index (χ1v) is 4.64. The molecule has 0 radical (unpaired) electrons. The summed E-state index contributed by atoms with van der Waals surface area (Å²) in [6.45, 7) is 7.32. The minimum absolute atomic E-state index is 0.345. The lowest BCUT2D eigenvalue weighted by molar-refractivity contribution is -0.138. The van der Waals surface area contributed by atoms with Crippen LogP contribution in [0.15, 0.2) is 12.2 Å². The van der Waals surface area contributed by atoms with Gasteiger partial charge in [-0.05, 0) is 6.92 Å². The highest BCUT2D eigenvalue weighted by atomic mass is 16.5. The Kier molecular flexibility index (Phi) is 8.17. The molecule has 0 aliphatic heterocycles. The minimum Gasteiger partial charge on any atom is -0.463 e. The fourth-order valence-corrected chi connectivity index (χ4v) is 0.775. The van der Waals surface area contributed by atoms with Crippen molar-refractivity contribution in [2.45, 2.75) is 13.3 Å². The number of methoxy groups -OCH3 is 1. The molecule has 0 aromatic rings. The summed E-state index contributed by atoms with van der Waals surface area (Å²) in [6, 6.07) is 0. The SMILES string of the molecule is C=C(CCOCCOC)C(=O)OCC. The largest absolute Gasteiger partial charge is 0.463 e. The number of hydrogen-bond acceptors (Lipinski definition) is 4. The molecule has 0 unspecified atom stereocenters. The summed E-state index contributed by atoms with van der Waals surface area (Å²) in [6.07, 6.45) is 0.503. The Hall–Kier alpha value is -0.870. The lowest BCUT2D eigenvalue weighted by Crippen LogP contribution is -2.10. The first-order chi connectivity index (χ1) is 6.72. The van der Waals surface area contributed by atoms with Gasteiger partial charge in [0, 0.05) is 19.1 Å². The van der Waals surface area contributed by atoms with E-state index in [0.717, 1.165) is 0 Å². The van der Waals surface area contributed by atoms with E-state index in [4.69, 9.17) is 14.2 Å².